The highest BCUT2D eigenvalue weighted by Gasteiger charge is 2.27. The van der Waals surface area contributed by atoms with Crippen LogP contribution in [0.4, 0.5) is 0 Å². The summed E-state index contributed by atoms with van der Waals surface area (Å²) in [5, 5.41) is 6.88. The molecule has 2 heterocycles. The number of amides is 1. The quantitative estimate of drug-likeness (QED) is 0.792. The number of hydrogen-bond donors (Lipinski definition) is 2. The van der Waals surface area contributed by atoms with E-state index in [0.29, 0.717) is 18.7 Å². The van der Waals surface area contributed by atoms with Crippen molar-refractivity contribution in [3.05, 3.63) is 17.5 Å². The van der Waals surface area contributed by atoms with Crippen LogP contribution in [-0.4, -0.2) is 47.8 Å². The molecule has 108 valence electrons. The third-order valence-electron chi connectivity index (χ3n) is 3.50. The van der Waals surface area contributed by atoms with Crippen molar-refractivity contribution in [3.8, 4) is 11.8 Å². The lowest BCUT2D eigenvalue weighted by molar-refractivity contribution is 0.0994. The largest absolute Gasteiger partial charge is 0.372 e. The second kappa shape index (κ2) is 7.08. The average molecular weight is 276 g/mol. The van der Waals surface area contributed by atoms with Gasteiger partial charge in [0.2, 0.25) is 0 Å². The van der Waals surface area contributed by atoms with Crippen molar-refractivity contribution in [2.45, 2.75) is 25.3 Å². The highest BCUT2D eigenvalue weighted by atomic mass is 16.5. The molecule has 1 saturated heterocycles. The Labute approximate surface area is 118 Å². The monoisotopic (exact) mass is 276 g/mol. The van der Waals surface area contributed by atoms with Gasteiger partial charge in [0.05, 0.1) is 30.0 Å². The number of nitrogens with zero attached hydrogens (tertiary/aromatic N) is 2. The second-order valence-corrected chi connectivity index (χ2v) is 4.83. The van der Waals surface area contributed by atoms with E-state index in [1.54, 1.807) is 7.11 Å². The first-order valence-corrected chi connectivity index (χ1v) is 6.75. The zero-order valence-electron chi connectivity index (χ0n) is 11.7. The number of nitrogens with two attached hydrogens (primary N) is 1. The topological polar surface area (TPSA) is 84.2 Å². The molecule has 1 amide bonds. The van der Waals surface area contributed by atoms with Gasteiger partial charge in [0, 0.05) is 7.11 Å². The zero-order chi connectivity index (χ0) is 14.4. The Morgan fingerprint density at radius 1 is 1.60 bits per heavy atom. The van der Waals surface area contributed by atoms with E-state index >= 15 is 0 Å². The number of H-pyrrole nitrogens is 1. The van der Waals surface area contributed by atoms with Crippen LogP contribution in [0, 0.1) is 11.8 Å². The molecule has 1 aliphatic heterocycles. The molecule has 6 nitrogen and oxygen atoms in total. The standard InChI is InChI=1S/C14H20N4O2/c1-20-9-5-4-8-18-7-3-2-6-12(18)13-11(14(15)19)10-16-17-13/h10,12H,2-3,6-9H2,1H3,(H2,15,19)(H,16,17). The molecule has 6 heteroatoms. The molecule has 0 saturated carbocycles. The number of ether oxygens (including phenoxy) is 1. The number of rotatable bonds is 4. The number of hydrogen-bond acceptors (Lipinski definition) is 4. The van der Waals surface area contributed by atoms with E-state index in [1.165, 1.54) is 6.20 Å². The van der Waals surface area contributed by atoms with Crippen molar-refractivity contribution in [1.29, 1.82) is 0 Å². The molecule has 1 aliphatic rings. The van der Waals surface area contributed by atoms with Gasteiger partial charge in [0.25, 0.3) is 5.91 Å². The van der Waals surface area contributed by atoms with Gasteiger partial charge in [0.15, 0.2) is 0 Å². The number of aromatic amines is 1. The Hall–Kier alpha value is -1.84. The summed E-state index contributed by atoms with van der Waals surface area (Å²) in [6.07, 6.45) is 4.75. The van der Waals surface area contributed by atoms with E-state index in [1.807, 2.05) is 0 Å². The number of piperidine rings is 1. The van der Waals surface area contributed by atoms with Crippen LogP contribution in [-0.2, 0) is 4.74 Å². The first kappa shape index (κ1) is 14.6. The van der Waals surface area contributed by atoms with Gasteiger partial charge in [0.1, 0.15) is 6.61 Å². The third kappa shape index (κ3) is 3.38. The van der Waals surface area contributed by atoms with E-state index in [0.717, 1.165) is 31.5 Å². The summed E-state index contributed by atoms with van der Waals surface area (Å²) in [7, 11) is 1.63. The van der Waals surface area contributed by atoms with Gasteiger partial charge >= 0.3 is 0 Å². The Morgan fingerprint density at radius 3 is 3.20 bits per heavy atom. The maximum Gasteiger partial charge on any atom is 0.252 e. The number of carbonyl (C=O) groups is 1. The molecule has 20 heavy (non-hydrogen) atoms. The lowest BCUT2D eigenvalue weighted by Gasteiger charge is -2.33. The van der Waals surface area contributed by atoms with Crippen LogP contribution < -0.4 is 5.73 Å². The molecule has 2 rings (SSSR count). The molecule has 0 radical (unpaired) electrons. The van der Waals surface area contributed by atoms with Crippen LogP contribution in [0.3, 0.4) is 0 Å². The Bertz CT molecular complexity index is 515. The van der Waals surface area contributed by atoms with E-state index in [4.69, 9.17) is 10.5 Å². The number of aromatic nitrogens is 2. The van der Waals surface area contributed by atoms with Crippen LogP contribution >= 0.6 is 0 Å². The fourth-order valence-electron chi connectivity index (χ4n) is 2.53. The fourth-order valence-corrected chi connectivity index (χ4v) is 2.53. The Kier molecular flexibility index (Phi) is 5.16. The van der Waals surface area contributed by atoms with Gasteiger partial charge in [-0.25, -0.2) is 0 Å². The second-order valence-electron chi connectivity index (χ2n) is 4.83. The van der Waals surface area contributed by atoms with Gasteiger partial charge < -0.3 is 10.5 Å². The average Bonchev–Trinajstić information content (AvgIpc) is 2.93. The molecule has 1 aromatic heterocycles. The minimum Gasteiger partial charge on any atom is -0.372 e. The van der Waals surface area contributed by atoms with Crippen molar-refractivity contribution in [3.63, 3.8) is 0 Å². The molecular weight excluding hydrogens is 256 g/mol. The normalized spacial score (nSPS) is 19.4. The van der Waals surface area contributed by atoms with Crippen LogP contribution in [0.2, 0.25) is 0 Å². The summed E-state index contributed by atoms with van der Waals surface area (Å²) >= 11 is 0. The van der Waals surface area contributed by atoms with E-state index in [-0.39, 0.29) is 6.04 Å². The van der Waals surface area contributed by atoms with Crippen molar-refractivity contribution in [2.75, 3.05) is 26.8 Å². The number of likely N-dealkylation sites (tertiary alicyclic amines) is 1. The van der Waals surface area contributed by atoms with Crippen LogP contribution in [0.1, 0.15) is 41.4 Å². The SMILES string of the molecule is COCC#CCN1CCCCC1c1[nH]ncc1C(N)=O. The Balaban J connectivity index is 2.12. The van der Waals surface area contributed by atoms with E-state index < -0.39 is 5.91 Å². The predicted molar refractivity (Wildman–Crippen MR) is 74.9 cm³/mol. The summed E-state index contributed by atoms with van der Waals surface area (Å²) in [6, 6.07) is 0.130. The maximum atomic E-state index is 11.4. The van der Waals surface area contributed by atoms with E-state index in [2.05, 4.69) is 26.9 Å². The number of methoxy groups -OCH3 is 1. The van der Waals surface area contributed by atoms with Gasteiger partial charge in [-0.05, 0) is 19.4 Å². The van der Waals surface area contributed by atoms with Crippen molar-refractivity contribution < 1.29 is 9.53 Å². The van der Waals surface area contributed by atoms with Gasteiger partial charge in [-0.2, -0.15) is 5.10 Å². The van der Waals surface area contributed by atoms with Crippen LogP contribution in [0.15, 0.2) is 6.20 Å². The maximum absolute atomic E-state index is 11.4. The van der Waals surface area contributed by atoms with Gasteiger partial charge in [-0.15, -0.1) is 0 Å². The summed E-state index contributed by atoms with van der Waals surface area (Å²) < 4.78 is 4.91. The molecule has 3 N–H and O–H groups in total. The molecule has 0 aliphatic carbocycles. The lowest BCUT2D eigenvalue weighted by atomic mass is 9.97. The molecule has 0 bridgehead atoms. The predicted octanol–water partition coefficient (Wildman–Crippen LogP) is 0.685. The smallest absolute Gasteiger partial charge is 0.252 e. The fraction of sp³-hybridized carbons (Fsp3) is 0.571. The number of primary amides is 1. The number of carbonyl (C=O) groups excluding carboxylic acids is 1. The first-order valence-electron chi connectivity index (χ1n) is 6.75. The molecule has 1 atom stereocenters. The molecule has 1 unspecified atom stereocenters. The van der Waals surface area contributed by atoms with Gasteiger partial charge in [-0.3, -0.25) is 14.8 Å². The summed E-state index contributed by atoms with van der Waals surface area (Å²) in [5.74, 6) is 5.61. The van der Waals surface area contributed by atoms with Crippen molar-refractivity contribution >= 4 is 5.91 Å². The zero-order valence-corrected chi connectivity index (χ0v) is 11.7. The highest BCUT2D eigenvalue weighted by molar-refractivity contribution is 5.93. The number of nitrogens with one attached hydrogen (secondary N) is 1. The first-order chi connectivity index (χ1) is 9.74. The summed E-state index contributed by atoms with van der Waals surface area (Å²) in [6.45, 7) is 2.06. The van der Waals surface area contributed by atoms with E-state index in [9.17, 15) is 4.79 Å². The minimum absolute atomic E-state index is 0.130. The molecule has 0 aromatic carbocycles. The molecule has 0 spiro atoms. The minimum atomic E-state index is -0.440. The van der Waals surface area contributed by atoms with Gasteiger partial charge in [-0.1, -0.05) is 18.3 Å². The lowest BCUT2D eigenvalue weighted by Crippen LogP contribution is -2.35. The summed E-state index contributed by atoms with van der Waals surface area (Å²) in [5.41, 5.74) is 6.68. The van der Waals surface area contributed by atoms with Crippen LogP contribution in [0.25, 0.3) is 0 Å². The molecule has 1 fully saturated rings. The molecule has 1 aromatic rings. The third-order valence-corrected chi connectivity index (χ3v) is 3.50. The highest BCUT2D eigenvalue weighted by Crippen LogP contribution is 2.30. The Morgan fingerprint density at radius 2 is 2.45 bits per heavy atom. The van der Waals surface area contributed by atoms with Crippen LogP contribution in [0.5, 0.6) is 0 Å². The molecular formula is C14H20N4O2. The summed E-state index contributed by atoms with van der Waals surface area (Å²) in [4.78, 5) is 13.7. The van der Waals surface area contributed by atoms with Crippen molar-refractivity contribution in [1.82, 2.24) is 15.1 Å². The van der Waals surface area contributed by atoms with Crippen molar-refractivity contribution in [2.24, 2.45) is 5.73 Å².